The van der Waals surface area contributed by atoms with E-state index in [1.807, 2.05) is 6.07 Å². The Balaban J connectivity index is 1.99. The molecule has 0 amide bonds. The summed E-state index contributed by atoms with van der Waals surface area (Å²) in [6.07, 6.45) is 5.47. The first-order valence-electron chi connectivity index (χ1n) is 6.39. The molecule has 0 saturated heterocycles. The van der Waals surface area contributed by atoms with Crippen molar-refractivity contribution in [1.82, 2.24) is 4.98 Å². The first-order chi connectivity index (χ1) is 8.17. The Labute approximate surface area is 103 Å². The number of aliphatic hydroxyl groups excluding tert-OH is 1. The lowest BCUT2D eigenvalue weighted by molar-refractivity contribution is 0.0964. The summed E-state index contributed by atoms with van der Waals surface area (Å²) in [5.41, 5.74) is 0.854. The predicted octanol–water partition coefficient (Wildman–Crippen LogP) is 2.78. The second-order valence-electron chi connectivity index (χ2n) is 5.32. The van der Waals surface area contributed by atoms with Crippen LogP contribution >= 0.6 is 0 Å². The fraction of sp³-hybridized carbons (Fsp3) is 0.643. The summed E-state index contributed by atoms with van der Waals surface area (Å²) >= 11 is 0. The number of rotatable bonds is 3. The van der Waals surface area contributed by atoms with Crippen molar-refractivity contribution < 1.29 is 9.84 Å². The minimum atomic E-state index is 0.0380. The van der Waals surface area contributed by atoms with E-state index in [4.69, 9.17) is 9.84 Å². The normalized spacial score (nSPS) is 29.0. The van der Waals surface area contributed by atoms with Crippen LogP contribution in [0.1, 0.15) is 38.7 Å². The molecule has 1 saturated carbocycles. The molecule has 1 aromatic rings. The Morgan fingerprint density at radius 2 is 2.00 bits per heavy atom. The number of nitrogens with zero attached hydrogens (tertiary/aromatic N) is 1. The molecule has 3 nitrogen and oxygen atoms in total. The van der Waals surface area contributed by atoms with Gasteiger partial charge in [-0.05, 0) is 42.7 Å². The molecule has 1 fully saturated rings. The van der Waals surface area contributed by atoms with Gasteiger partial charge in [-0.2, -0.15) is 0 Å². The molecule has 2 rings (SSSR count). The molecule has 3 heteroatoms. The average molecular weight is 235 g/mol. The highest BCUT2D eigenvalue weighted by Crippen LogP contribution is 2.30. The third-order valence-electron chi connectivity index (χ3n) is 3.40. The second kappa shape index (κ2) is 5.50. The largest absolute Gasteiger partial charge is 0.474 e. The van der Waals surface area contributed by atoms with Gasteiger partial charge in [-0.15, -0.1) is 0 Å². The van der Waals surface area contributed by atoms with Gasteiger partial charge in [0.25, 0.3) is 0 Å². The fourth-order valence-electron chi connectivity index (χ4n) is 2.75. The third-order valence-corrected chi connectivity index (χ3v) is 3.40. The molecule has 0 bridgehead atoms. The van der Waals surface area contributed by atoms with Crippen LogP contribution in [0.2, 0.25) is 0 Å². The Hall–Kier alpha value is -1.09. The molecule has 1 heterocycles. The van der Waals surface area contributed by atoms with Crippen LogP contribution in [0.5, 0.6) is 5.88 Å². The van der Waals surface area contributed by atoms with E-state index in [0.717, 1.165) is 30.2 Å². The minimum Gasteiger partial charge on any atom is -0.474 e. The molecule has 17 heavy (non-hydrogen) atoms. The highest BCUT2D eigenvalue weighted by Gasteiger charge is 2.25. The molecule has 0 radical (unpaired) electrons. The zero-order chi connectivity index (χ0) is 12.3. The zero-order valence-corrected chi connectivity index (χ0v) is 10.6. The van der Waals surface area contributed by atoms with Crippen LogP contribution in [0.3, 0.4) is 0 Å². The highest BCUT2D eigenvalue weighted by atomic mass is 16.5. The van der Waals surface area contributed by atoms with Crippen molar-refractivity contribution in [3.05, 3.63) is 23.9 Å². The summed E-state index contributed by atoms with van der Waals surface area (Å²) in [5.74, 6) is 2.09. The monoisotopic (exact) mass is 235 g/mol. The van der Waals surface area contributed by atoms with Gasteiger partial charge in [0.1, 0.15) is 6.10 Å². The predicted molar refractivity (Wildman–Crippen MR) is 66.8 cm³/mol. The molecular formula is C14H21NO2. The van der Waals surface area contributed by atoms with Gasteiger partial charge in [0.05, 0.1) is 6.61 Å². The average Bonchev–Trinajstić information content (AvgIpc) is 2.28. The van der Waals surface area contributed by atoms with Crippen LogP contribution in [0.4, 0.5) is 0 Å². The summed E-state index contributed by atoms with van der Waals surface area (Å²) in [6.45, 7) is 4.60. The quantitative estimate of drug-likeness (QED) is 0.876. The third kappa shape index (κ3) is 3.43. The molecule has 94 valence electrons. The first-order valence-corrected chi connectivity index (χ1v) is 6.39. The van der Waals surface area contributed by atoms with Crippen molar-refractivity contribution in [2.24, 2.45) is 11.8 Å². The molecular weight excluding hydrogens is 214 g/mol. The summed E-state index contributed by atoms with van der Waals surface area (Å²) in [6, 6.07) is 3.63. The maximum Gasteiger partial charge on any atom is 0.213 e. The Kier molecular flexibility index (Phi) is 4.00. The number of hydrogen-bond donors (Lipinski definition) is 1. The van der Waals surface area contributed by atoms with Gasteiger partial charge in [-0.25, -0.2) is 4.98 Å². The van der Waals surface area contributed by atoms with E-state index in [1.165, 1.54) is 6.42 Å². The molecule has 1 aromatic heterocycles. The van der Waals surface area contributed by atoms with Crippen LogP contribution in [0.25, 0.3) is 0 Å². The maximum absolute atomic E-state index is 9.07. The molecule has 2 atom stereocenters. The van der Waals surface area contributed by atoms with E-state index in [2.05, 4.69) is 18.8 Å². The summed E-state index contributed by atoms with van der Waals surface area (Å²) in [7, 11) is 0. The van der Waals surface area contributed by atoms with E-state index >= 15 is 0 Å². The number of aromatic nitrogens is 1. The highest BCUT2D eigenvalue weighted by molar-refractivity contribution is 5.19. The molecule has 0 spiro atoms. The Morgan fingerprint density at radius 1 is 1.29 bits per heavy atom. The molecule has 0 aromatic carbocycles. The number of ether oxygens (including phenoxy) is 1. The van der Waals surface area contributed by atoms with Gasteiger partial charge in [0.15, 0.2) is 0 Å². The minimum absolute atomic E-state index is 0.0380. The fourth-order valence-corrected chi connectivity index (χ4v) is 2.75. The molecule has 1 aliphatic carbocycles. The lowest BCUT2D eigenvalue weighted by atomic mass is 9.82. The van der Waals surface area contributed by atoms with Crippen LogP contribution in [-0.2, 0) is 6.61 Å². The number of pyridine rings is 1. The van der Waals surface area contributed by atoms with E-state index in [9.17, 15) is 0 Å². The van der Waals surface area contributed by atoms with Gasteiger partial charge in [-0.1, -0.05) is 13.8 Å². The number of aliphatic hydroxyl groups is 1. The maximum atomic E-state index is 9.07. The molecule has 1 N–H and O–H groups in total. The van der Waals surface area contributed by atoms with Crippen molar-refractivity contribution >= 4 is 0 Å². The first kappa shape index (κ1) is 12.4. The van der Waals surface area contributed by atoms with Crippen molar-refractivity contribution in [2.45, 2.75) is 45.8 Å². The number of hydrogen-bond acceptors (Lipinski definition) is 3. The van der Waals surface area contributed by atoms with E-state index < -0.39 is 0 Å². The lowest BCUT2D eigenvalue weighted by Gasteiger charge is -2.31. The molecule has 1 aliphatic rings. The summed E-state index contributed by atoms with van der Waals surface area (Å²) in [4.78, 5) is 4.20. The standard InChI is InChI=1S/C14H21NO2/c1-10-5-11(2)7-13(6-10)17-14-8-12(9-16)3-4-15-14/h3-4,8,10-11,13,16H,5-7,9H2,1-2H3. The van der Waals surface area contributed by atoms with E-state index in [0.29, 0.717) is 5.88 Å². The van der Waals surface area contributed by atoms with Gasteiger partial charge in [-0.3, -0.25) is 0 Å². The van der Waals surface area contributed by atoms with Crippen molar-refractivity contribution in [3.8, 4) is 5.88 Å². The van der Waals surface area contributed by atoms with Gasteiger partial charge >= 0.3 is 0 Å². The topological polar surface area (TPSA) is 42.4 Å². The van der Waals surface area contributed by atoms with E-state index in [-0.39, 0.29) is 12.7 Å². The molecule has 2 unspecified atom stereocenters. The van der Waals surface area contributed by atoms with Crippen LogP contribution < -0.4 is 4.74 Å². The Bertz CT molecular complexity index is 357. The smallest absolute Gasteiger partial charge is 0.213 e. The summed E-state index contributed by atoms with van der Waals surface area (Å²) < 4.78 is 5.92. The lowest BCUT2D eigenvalue weighted by Crippen LogP contribution is -2.28. The Morgan fingerprint density at radius 3 is 2.65 bits per heavy atom. The van der Waals surface area contributed by atoms with Gasteiger partial charge in [0.2, 0.25) is 5.88 Å². The van der Waals surface area contributed by atoms with Crippen LogP contribution in [-0.4, -0.2) is 16.2 Å². The van der Waals surface area contributed by atoms with Crippen LogP contribution in [0.15, 0.2) is 18.3 Å². The second-order valence-corrected chi connectivity index (χ2v) is 5.32. The van der Waals surface area contributed by atoms with Crippen molar-refractivity contribution in [3.63, 3.8) is 0 Å². The molecule has 0 aliphatic heterocycles. The summed E-state index contributed by atoms with van der Waals surface area (Å²) in [5, 5.41) is 9.07. The zero-order valence-electron chi connectivity index (χ0n) is 10.6. The SMILES string of the molecule is CC1CC(C)CC(Oc2cc(CO)ccn2)C1. The van der Waals surface area contributed by atoms with Gasteiger partial charge in [0, 0.05) is 12.3 Å². The van der Waals surface area contributed by atoms with Crippen molar-refractivity contribution in [2.75, 3.05) is 0 Å². The van der Waals surface area contributed by atoms with Crippen LogP contribution in [0, 0.1) is 11.8 Å². The van der Waals surface area contributed by atoms with Gasteiger partial charge < -0.3 is 9.84 Å². The van der Waals surface area contributed by atoms with Crippen molar-refractivity contribution in [1.29, 1.82) is 0 Å². The van der Waals surface area contributed by atoms with E-state index in [1.54, 1.807) is 12.3 Å².